The smallest absolute Gasteiger partial charge is 0.325 e. The van der Waals surface area contributed by atoms with Crippen LogP contribution in [0.4, 0.5) is 0 Å². The van der Waals surface area contributed by atoms with Gasteiger partial charge in [0.25, 0.3) is 0 Å². The minimum Gasteiger partial charge on any atom is -0.468 e. The highest BCUT2D eigenvalue weighted by Gasteiger charge is 2.28. The lowest BCUT2D eigenvalue weighted by atomic mass is 9.98. The van der Waals surface area contributed by atoms with E-state index >= 15 is 0 Å². The molecule has 0 aromatic rings. The molecule has 0 aromatic heterocycles. The van der Waals surface area contributed by atoms with E-state index in [2.05, 4.69) is 4.74 Å². The zero-order valence-corrected chi connectivity index (χ0v) is 11.1. The summed E-state index contributed by atoms with van der Waals surface area (Å²) in [5.74, 6) is 0.799. The number of ether oxygens (including phenoxy) is 1. The molecule has 4 heteroatoms. The maximum Gasteiger partial charge on any atom is 0.325 e. The van der Waals surface area contributed by atoms with Gasteiger partial charge in [-0.2, -0.15) is 11.8 Å². The Hall–Kier alpha value is -0.220. The Bertz CT molecular complexity index is 225. The van der Waals surface area contributed by atoms with Gasteiger partial charge in [-0.15, -0.1) is 0 Å². The van der Waals surface area contributed by atoms with Crippen LogP contribution in [0.2, 0.25) is 0 Å². The number of carbonyl (C=O) groups excluding carboxylic acids is 1. The van der Waals surface area contributed by atoms with Crippen LogP contribution in [0.1, 0.15) is 45.4 Å². The van der Waals surface area contributed by atoms with Crippen LogP contribution in [0.3, 0.4) is 0 Å². The second kappa shape index (κ2) is 6.50. The molecule has 0 heterocycles. The number of methoxy groups -OCH3 is 1. The molecular weight excluding hydrogens is 222 g/mol. The maximum absolute atomic E-state index is 11.3. The van der Waals surface area contributed by atoms with E-state index in [9.17, 15) is 4.79 Å². The summed E-state index contributed by atoms with van der Waals surface area (Å²) < 4.78 is 4.67. The third-order valence-corrected chi connectivity index (χ3v) is 4.62. The van der Waals surface area contributed by atoms with Crippen molar-refractivity contribution in [2.75, 3.05) is 12.9 Å². The first-order chi connectivity index (χ1) is 7.56. The molecule has 3 nitrogen and oxygen atoms in total. The first-order valence-corrected chi connectivity index (χ1v) is 7.10. The fourth-order valence-electron chi connectivity index (χ4n) is 2.08. The molecule has 1 atom stereocenters. The van der Waals surface area contributed by atoms with Crippen molar-refractivity contribution in [3.05, 3.63) is 0 Å². The molecule has 2 N–H and O–H groups in total. The van der Waals surface area contributed by atoms with Crippen LogP contribution in [0.15, 0.2) is 0 Å². The Morgan fingerprint density at radius 1 is 1.50 bits per heavy atom. The minimum atomic E-state index is -0.814. The number of carbonyl (C=O) groups is 1. The van der Waals surface area contributed by atoms with Crippen molar-refractivity contribution in [1.82, 2.24) is 0 Å². The molecule has 0 bridgehead atoms. The van der Waals surface area contributed by atoms with Crippen molar-refractivity contribution in [2.45, 2.75) is 56.2 Å². The Morgan fingerprint density at radius 2 is 2.12 bits per heavy atom. The molecule has 0 aromatic carbocycles. The van der Waals surface area contributed by atoms with Crippen LogP contribution in [-0.2, 0) is 9.53 Å². The van der Waals surface area contributed by atoms with Gasteiger partial charge in [-0.05, 0) is 38.4 Å². The lowest BCUT2D eigenvalue weighted by Gasteiger charge is -2.21. The van der Waals surface area contributed by atoms with Gasteiger partial charge in [0.1, 0.15) is 5.54 Å². The largest absolute Gasteiger partial charge is 0.468 e. The van der Waals surface area contributed by atoms with E-state index in [1.165, 1.54) is 32.8 Å². The Labute approximate surface area is 102 Å². The highest BCUT2D eigenvalue weighted by atomic mass is 32.2. The van der Waals surface area contributed by atoms with E-state index in [1.54, 1.807) is 6.92 Å². The highest BCUT2D eigenvalue weighted by molar-refractivity contribution is 7.99. The van der Waals surface area contributed by atoms with Gasteiger partial charge in [0.05, 0.1) is 7.11 Å². The average molecular weight is 245 g/mol. The summed E-state index contributed by atoms with van der Waals surface area (Å²) in [4.78, 5) is 11.3. The zero-order valence-electron chi connectivity index (χ0n) is 10.3. The molecular formula is C12H23NO2S. The second-order valence-electron chi connectivity index (χ2n) is 4.79. The monoisotopic (exact) mass is 245 g/mol. The third-order valence-electron chi connectivity index (χ3n) is 3.15. The number of rotatable bonds is 6. The first-order valence-electron chi connectivity index (χ1n) is 6.05. The van der Waals surface area contributed by atoms with Gasteiger partial charge >= 0.3 is 5.97 Å². The summed E-state index contributed by atoms with van der Waals surface area (Å²) in [6, 6.07) is 0. The van der Waals surface area contributed by atoms with E-state index < -0.39 is 5.54 Å². The molecule has 0 amide bonds. The van der Waals surface area contributed by atoms with Gasteiger partial charge in [-0.3, -0.25) is 4.79 Å². The Balaban J connectivity index is 2.11. The molecule has 1 aliphatic rings. The first kappa shape index (κ1) is 13.8. The lowest BCUT2D eigenvalue weighted by molar-refractivity contribution is -0.146. The van der Waals surface area contributed by atoms with E-state index in [0.717, 1.165) is 17.4 Å². The van der Waals surface area contributed by atoms with Crippen LogP contribution in [0.25, 0.3) is 0 Å². The van der Waals surface area contributed by atoms with Gasteiger partial charge in [-0.25, -0.2) is 0 Å². The summed E-state index contributed by atoms with van der Waals surface area (Å²) in [7, 11) is 1.39. The summed E-state index contributed by atoms with van der Waals surface area (Å²) in [5, 5.41) is 0.849. The summed E-state index contributed by atoms with van der Waals surface area (Å²) >= 11 is 2.04. The normalized spacial score (nSPS) is 20.7. The molecule has 0 aliphatic heterocycles. The molecule has 16 heavy (non-hydrogen) atoms. The fourth-order valence-corrected chi connectivity index (χ4v) is 3.39. The van der Waals surface area contributed by atoms with Crippen molar-refractivity contribution >= 4 is 17.7 Å². The van der Waals surface area contributed by atoms with E-state index in [-0.39, 0.29) is 5.97 Å². The molecule has 1 saturated carbocycles. The third kappa shape index (κ3) is 4.34. The van der Waals surface area contributed by atoms with Crippen LogP contribution in [0.5, 0.6) is 0 Å². The van der Waals surface area contributed by atoms with Crippen molar-refractivity contribution in [2.24, 2.45) is 5.73 Å². The van der Waals surface area contributed by atoms with E-state index in [1.807, 2.05) is 11.8 Å². The van der Waals surface area contributed by atoms with Crippen LogP contribution < -0.4 is 5.73 Å². The van der Waals surface area contributed by atoms with Gasteiger partial charge < -0.3 is 10.5 Å². The lowest BCUT2D eigenvalue weighted by Crippen LogP contribution is -2.45. The SMILES string of the molecule is COC(=O)C(C)(N)CCCSC1CCCC1. The van der Waals surface area contributed by atoms with Gasteiger partial charge in [-0.1, -0.05) is 12.8 Å². The van der Waals surface area contributed by atoms with Gasteiger partial charge in [0.2, 0.25) is 0 Å². The standard InChI is InChI=1S/C12H23NO2S/c1-12(13,11(14)15-2)8-5-9-16-10-6-3-4-7-10/h10H,3-9,13H2,1-2H3. The maximum atomic E-state index is 11.3. The predicted octanol–water partition coefficient (Wildman–Crippen LogP) is 2.33. The van der Waals surface area contributed by atoms with Crippen molar-refractivity contribution in [3.8, 4) is 0 Å². The van der Waals surface area contributed by atoms with Gasteiger partial charge in [0.15, 0.2) is 0 Å². The van der Waals surface area contributed by atoms with E-state index in [0.29, 0.717) is 6.42 Å². The molecule has 94 valence electrons. The van der Waals surface area contributed by atoms with Crippen LogP contribution >= 0.6 is 11.8 Å². The average Bonchev–Trinajstić information content (AvgIpc) is 2.76. The van der Waals surface area contributed by atoms with Crippen LogP contribution in [-0.4, -0.2) is 29.6 Å². The van der Waals surface area contributed by atoms with E-state index in [4.69, 9.17) is 5.73 Å². The summed E-state index contributed by atoms with van der Waals surface area (Å²) in [5.41, 5.74) is 5.07. The molecule has 0 spiro atoms. The Kier molecular flexibility index (Phi) is 5.62. The molecule has 1 aliphatic carbocycles. The number of hydrogen-bond donors (Lipinski definition) is 1. The number of nitrogens with two attached hydrogens (primary N) is 1. The second-order valence-corrected chi connectivity index (χ2v) is 6.20. The van der Waals surface area contributed by atoms with Crippen molar-refractivity contribution < 1.29 is 9.53 Å². The topological polar surface area (TPSA) is 52.3 Å². The zero-order chi connectivity index (χ0) is 12.0. The number of thioether (sulfide) groups is 1. The number of esters is 1. The molecule has 1 rings (SSSR count). The molecule has 0 radical (unpaired) electrons. The van der Waals surface area contributed by atoms with Crippen molar-refractivity contribution in [3.63, 3.8) is 0 Å². The van der Waals surface area contributed by atoms with Crippen LogP contribution in [0, 0.1) is 0 Å². The number of hydrogen-bond acceptors (Lipinski definition) is 4. The highest BCUT2D eigenvalue weighted by Crippen LogP contribution is 2.30. The quantitative estimate of drug-likeness (QED) is 0.576. The molecule has 0 saturated heterocycles. The fraction of sp³-hybridized carbons (Fsp3) is 0.917. The summed E-state index contributed by atoms with van der Waals surface area (Å²) in [6.07, 6.45) is 7.19. The van der Waals surface area contributed by atoms with Crippen molar-refractivity contribution in [1.29, 1.82) is 0 Å². The predicted molar refractivity (Wildman–Crippen MR) is 68.6 cm³/mol. The summed E-state index contributed by atoms with van der Waals surface area (Å²) in [6.45, 7) is 1.75. The molecule has 1 unspecified atom stereocenters. The molecule has 1 fully saturated rings. The van der Waals surface area contributed by atoms with Gasteiger partial charge in [0, 0.05) is 5.25 Å². The Morgan fingerprint density at radius 3 is 2.69 bits per heavy atom. The minimum absolute atomic E-state index is 0.307.